The molecule has 2 unspecified atom stereocenters. The van der Waals surface area contributed by atoms with Gasteiger partial charge in [-0.25, -0.2) is 4.98 Å². The Labute approximate surface area is 114 Å². The minimum atomic E-state index is -1.63. The molecule has 2 atom stereocenters. The van der Waals surface area contributed by atoms with Crippen molar-refractivity contribution < 1.29 is 24.7 Å². The number of nitro groups is 1. The van der Waals surface area contributed by atoms with Crippen molar-refractivity contribution in [2.45, 2.75) is 19.1 Å². The van der Waals surface area contributed by atoms with E-state index >= 15 is 0 Å². The quantitative estimate of drug-likeness (QED) is 0.475. The zero-order valence-corrected chi connectivity index (χ0v) is 10.9. The zero-order chi connectivity index (χ0) is 15.3. The second kappa shape index (κ2) is 6.78. The maximum absolute atomic E-state index is 10.9. The van der Waals surface area contributed by atoms with Gasteiger partial charge in [0.1, 0.15) is 12.2 Å². The van der Waals surface area contributed by atoms with E-state index in [9.17, 15) is 25.1 Å². The summed E-state index contributed by atoms with van der Waals surface area (Å²) in [4.78, 5) is 24.7. The molecule has 0 aliphatic rings. The van der Waals surface area contributed by atoms with Crippen LogP contribution in [0.3, 0.4) is 0 Å². The third-order valence-corrected chi connectivity index (χ3v) is 2.49. The molecule has 9 heteroatoms. The summed E-state index contributed by atoms with van der Waals surface area (Å²) in [6, 6.07) is 2.39. The van der Waals surface area contributed by atoms with Crippen LogP contribution in [-0.2, 0) is 4.79 Å². The monoisotopic (exact) mass is 285 g/mol. The molecule has 0 radical (unpaired) electrons. The largest absolute Gasteiger partial charge is 0.481 e. The molecule has 1 amide bonds. The molecule has 0 aromatic carbocycles. The zero-order valence-electron chi connectivity index (χ0n) is 10.9. The number of hydrogen-bond donors (Lipinski definition) is 3. The fourth-order valence-electron chi connectivity index (χ4n) is 1.48. The first-order valence-corrected chi connectivity index (χ1v) is 5.66. The number of nitrogens with one attached hydrogen (secondary N) is 1. The first kappa shape index (κ1) is 15.8. The molecule has 0 aliphatic carbocycles. The van der Waals surface area contributed by atoms with E-state index in [2.05, 4.69) is 10.3 Å². The van der Waals surface area contributed by atoms with Crippen LogP contribution in [0.15, 0.2) is 12.1 Å². The summed E-state index contributed by atoms with van der Waals surface area (Å²) < 4.78 is 4.82. The van der Waals surface area contributed by atoms with Gasteiger partial charge in [-0.1, -0.05) is 0 Å². The van der Waals surface area contributed by atoms with E-state index in [4.69, 9.17) is 4.74 Å². The van der Waals surface area contributed by atoms with E-state index < -0.39 is 28.7 Å². The normalized spacial score (nSPS) is 13.4. The Morgan fingerprint density at radius 1 is 1.55 bits per heavy atom. The van der Waals surface area contributed by atoms with Crippen molar-refractivity contribution in [3.05, 3.63) is 27.9 Å². The lowest BCUT2D eigenvalue weighted by Gasteiger charge is -2.17. The van der Waals surface area contributed by atoms with Gasteiger partial charge in [0.2, 0.25) is 11.8 Å². The highest BCUT2D eigenvalue weighted by atomic mass is 16.6. The van der Waals surface area contributed by atoms with Gasteiger partial charge in [-0.05, 0) is 0 Å². The molecule has 0 fully saturated rings. The number of nitrogens with zero attached hydrogens (tertiary/aromatic N) is 2. The molecule has 1 heterocycles. The summed E-state index contributed by atoms with van der Waals surface area (Å²) in [7, 11) is 1.32. The SMILES string of the molecule is COc1ccc([N+](=O)[O-])c(C(O)C(O)CNC(C)=O)n1. The average Bonchev–Trinajstić information content (AvgIpc) is 2.42. The van der Waals surface area contributed by atoms with Gasteiger partial charge in [0, 0.05) is 25.6 Å². The molecular formula is C11H15N3O6. The number of ether oxygens (including phenoxy) is 1. The molecule has 0 saturated carbocycles. The molecule has 20 heavy (non-hydrogen) atoms. The summed E-state index contributed by atoms with van der Waals surface area (Å²) in [5.74, 6) is -0.333. The lowest BCUT2D eigenvalue weighted by molar-refractivity contribution is -0.386. The predicted molar refractivity (Wildman–Crippen MR) is 67.1 cm³/mol. The Balaban J connectivity index is 3.02. The van der Waals surface area contributed by atoms with Gasteiger partial charge in [-0.2, -0.15) is 0 Å². The van der Waals surface area contributed by atoms with Crippen LogP contribution in [0.2, 0.25) is 0 Å². The molecular weight excluding hydrogens is 270 g/mol. The minimum absolute atomic E-state index is 0.0661. The Bertz CT molecular complexity index is 507. The number of hydrogen-bond acceptors (Lipinski definition) is 7. The van der Waals surface area contributed by atoms with E-state index in [1.54, 1.807) is 0 Å². The second-order valence-corrected chi connectivity index (χ2v) is 3.96. The van der Waals surface area contributed by atoms with Gasteiger partial charge in [0.25, 0.3) is 5.69 Å². The number of carbonyl (C=O) groups is 1. The smallest absolute Gasteiger partial charge is 0.293 e. The van der Waals surface area contributed by atoms with Crippen LogP contribution in [0.5, 0.6) is 5.88 Å². The summed E-state index contributed by atoms with van der Waals surface area (Å²) >= 11 is 0. The Morgan fingerprint density at radius 3 is 2.70 bits per heavy atom. The van der Waals surface area contributed by atoms with Crippen molar-refractivity contribution in [3.8, 4) is 5.88 Å². The van der Waals surface area contributed by atoms with Crippen molar-refractivity contribution in [1.82, 2.24) is 10.3 Å². The number of aliphatic hydroxyl groups is 2. The van der Waals surface area contributed by atoms with Gasteiger partial charge in [0.05, 0.1) is 12.0 Å². The van der Waals surface area contributed by atoms with Crippen molar-refractivity contribution >= 4 is 11.6 Å². The average molecular weight is 285 g/mol. The molecule has 110 valence electrons. The second-order valence-electron chi connectivity index (χ2n) is 3.96. The number of methoxy groups -OCH3 is 1. The van der Waals surface area contributed by atoms with Crippen LogP contribution in [0.25, 0.3) is 0 Å². The van der Waals surface area contributed by atoms with Gasteiger partial charge < -0.3 is 20.3 Å². The number of pyridine rings is 1. The van der Waals surface area contributed by atoms with E-state index in [1.807, 2.05) is 0 Å². The molecule has 0 bridgehead atoms. The number of amides is 1. The number of aromatic nitrogens is 1. The Morgan fingerprint density at radius 2 is 2.20 bits per heavy atom. The highest BCUT2D eigenvalue weighted by Gasteiger charge is 2.28. The first-order chi connectivity index (χ1) is 9.36. The number of rotatable bonds is 6. The summed E-state index contributed by atoms with van der Waals surface area (Å²) in [6.07, 6.45) is -3.06. The van der Waals surface area contributed by atoms with Gasteiger partial charge in [-0.15, -0.1) is 0 Å². The Kier molecular flexibility index (Phi) is 5.35. The third kappa shape index (κ3) is 3.87. The molecule has 1 aromatic heterocycles. The molecule has 1 rings (SSSR count). The summed E-state index contributed by atoms with van der Waals surface area (Å²) in [5, 5.41) is 32.8. The molecule has 0 spiro atoms. The van der Waals surface area contributed by atoms with Gasteiger partial charge in [0.15, 0.2) is 5.69 Å². The van der Waals surface area contributed by atoms with E-state index in [0.717, 1.165) is 6.07 Å². The van der Waals surface area contributed by atoms with Crippen molar-refractivity contribution in [2.75, 3.05) is 13.7 Å². The van der Waals surface area contributed by atoms with Crippen molar-refractivity contribution in [3.63, 3.8) is 0 Å². The van der Waals surface area contributed by atoms with E-state index in [-0.39, 0.29) is 18.1 Å². The van der Waals surface area contributed by atoms with Crippen LogP contribution >= 0.6 is 0 Å². The van der Waals surface area contributed by atoms with Crippen molar-refractivity contribution in [2.24, 2.45) is 0 Å². The standard InChI is InChI=1S/C11H15N3O6/c1-6(15)12-5-8(16)11(17)10-7(14(18)19)3-4-9(13-10)20-2/h3-4,8,11,16-17H,5H2,1-2H3,(H,12,15). The van der Waals surface area contributed by atoms with Crippen LogP contribution in [-0.4, -0.2) is 45.8 Å². The van der Waals surface area contributed by atoms with Gasteiger partial charge in [-0.3, -0.25) is 14.9 Å². The third-order valence-electron chi connectivity index (χ3n) is 2.49. The highest BCUT2D eigenvalue weighted by molar-refractivity contribution is 5.72. The lowest BCUT2D eigenvalue weighted by atomic mass is 10.1. The molecule has 1 aromatic rings. The van der Waals surface area contributed by atoms with Crippen LogP contribution in [0, 0.1) is 10.1 Å². The van der Waals surface area contributed by atoms with Gasteiger partial charge >= 0.3 is 0 Å². The van der Waals surface area contributed by atoms with Crippen LogP contribution in [0.4, 0.5) is 5.69 Å². The topological polar surface area (TPSA) is 135 Å². The fourth-order valence-corrected chi connectivity index (χ4v) is 1.48. The summed E-state index contributed by atoms with van der Waals surface area (Å²) in [5.41, 5.74) is -0.771. The lowest BCUT2D eigenvalue weighted by Crippen LogP contribution is -2.34. The van der Waals surface area contributed by atoms with E-state index in [0.29, 0.717) is 0 Å². The molecule has 0 saturated heterocycles. The Hall–Kier alpha value is -2.26. The highest BCUT2D eigenvalue weighted by Crippen LogP contribution is 2.27. The predicted octanol–water partition coefficient (Wildman–Crippen LogP) is -0.471. The van der Waals surface area contributed by atoms with Crippen LogP contribution in [0.1, 0.15) is 18.7 Å². The fraction of sp³-hybridized carbons (Fsp3) is 0.455. The summed E-state index contributed by atoms with van der Waals surface area (Å²) in [6.45, 7) is 0.984. The molecule has 3 N–H and O–H groups in total. The van der Waals surface area contributed by atoms with E-state index in [1.165, 1.54) is 20.1 Å². The molecule has 0 aliphatic heterocycles. The van der Waals surface area contributed by atoms with Crippen LogP contribution < -0.4 is 10.1 Å². The minimum Gasteiger partial charge on any atom is -0.481 e. The number of carbonyl (C=O) groups excluding carboxylic acids is 1. The maximum Gasteiger partial charge on any atom is 0.293 e. The van der Waals surface area contributed by atoms with Crippen molar-refractivity contribution in [1.29, 1.82) is 0 Å². The number of aliphatic hydroxyl groups excluding tert-OH is 2. The molecule has 9 nitrogen and oxygen atoms in total. The first-order valence-electron chi connectivity index (χ1n) is 5.66. The maximum atomic E-state index is 10.9.